The van der Waals surface area contributed by atoms with Crippen molar-refractivity contribution >= 4 is 35.4 Å². The number of fused-ring (bicyclic) bond motifs is 5. The highest BCUT2D eigenvalue weighted by atomic mass is 16.5. The number of ether oxygens (including phenoxy) is 2. The van der Waals surface area contributed by atoms with E-state index in [2.05, 4.69) is 69.4 Å². The normalized spacial score (nSPS) is 18.2. The van der Waals surface area contributed by atoms with Crippen molar-refractivity contribution in [2.45, 2.75) is 60.3 Å². The number of hydrogen-bond donors (Lipinski definition) is 4. The Morgan fingerprint density at radius 1 is 0.959 bits per heavy atom. The molecule has 5 aliphatic rings. The zero-order valence-electron chi connectivity index (χ0n) is 29.5. The molecule has 4 aliphatic heterocycles. The van der Waals surface area contributed by atoms with Crippen LogP contribution >= 0.6 is 0 Å². The third-order valence-electron chi connectivity index (χ3n) is 9.87. The first-order chi connectivity index (χ1) is 23.7. The van der Waals surface area contributed by atoms with Gasteiger partial charge in [-0.1, -0.05) is 26.2 Å². The van der Waals surface area contributed by atoms with Crippen LogP contribution in [0.2, 0.25) is 0 Å². The second-order valence-electron chi connectivity index (χ2n) is 12.9. The zero-order chi connectivity index (χ0) is 34.8. The third-order valence-corrected chi connectivity index (χ3v) is 9.87. The molecular formula is C40H48N6O3. The van der Waals surface area contributed by atoms with Crippen LogP contribution in [0.4, 0.5) is 0 Å². The Morgan fingerprint density at radius 3 is 2.41 bits per heavy atom. The maximum absolute atomic E-state index is 11.3. The van der Waals surface area contributed by atoms with Crippen molar-refractivity contribution in [1.29, 1.82) is 0 Å². The highest BCUT2D eigenvalue weighted by Gasteiger charge is 2.37. The molecule has 256 valence electrons. The van der Waals surface area contributed by atoms with Crippen molar-refractivity contribution in [1.82, 2.24) is 10.3 Å². The van der Waals surface area contributed by atoms with Crippen molar-refractivity contribution in [2.24, 2.45) is 20.7 Å². The Hall–Kier alpha value is -4.57. The van der Waals surface area contributed by atoms with E-state index in [1.807, 2.05) is 13.0 Å². The van der Waals surface area contributed by atoms with Crippen molar-refractivity contribution in [2.75, 3.05) is 39.5 Å². The number of aliphatic imine (C=N–C) groups is 3. The summed E-state index contributed by atoms with van der Waals surface area (Å²) in [6.45, 7) is 22.4. The predicted octanol–water partition coefficient (Wildman–Crippen LogP) is 5.45. The van der Waals surface area contributed by atoms with Crippen LogP contribution in [0.5, 0.6) is 0 Å². The molecule has 5 heterocycles. The van der Waals surface area contributed by atoms with Gasteiger partial charge in [-0.25, -0.2) is 15.0 Å². The molecule has 1 aliphatic carbocycles. The number of aromatic amines is 1. The number of rotatable bonds is 14. The Balaban J connectivity index is 1.38. The SMILES string of the molecule is C=Cc1c(C)c2[nH]c1=CC1=NC(=CC3=C(C)C4=C(O)CC(=C5N=C(C=2)C(C)=C5CCC(=C)NCCOCCOCCN)C4=N3)C(CC)=C1C. The van der Waals surface area contributed by atoms with Crippen LogP contribution in [0.1, 0.15) is 64.5 Å². The summed E-state index contributed by atoms with van der Waals surface area (Å²) in [7, 11) is 0. The summed E-state index contributed by atoms with van der Waals surface area (Å²) in [5, 5.41) is 16.7. The molecule has 9 nitrogen and oxygen atoms in total. The van der Waals surface area contributed by atoms with Crippen molar-refractivity contribution in [3.05, 3.63) is 109 Å². The van der Waals surface area contributed by atoms with Gasteiger partial charge in [0.1, 0.15) is 5.76 Å². The van der Waals surface area contributed by atoms with Crippen LogP contribution in [-0.2, 0) is 9.47 Å². The quantitative estimate of drug-likeness (QED) is 0.197. The fourth-order valence-corrected chi connectivity index (χ4v) is 7.09. The average Bonchev–Trinajstić information content (AvgIpc) is 3.83. The molecule has 0 aromatic carbocycles. The molecule has 8 bridgehead atoms. The first kappa shape index (κ1) is 34.3. The van der Waals surface area contributed by atoms with Crippen molar-refractivity contribution < 1.29 is 14.6 Å². The van der Waals surface area contributed by atoms with E-state index in [1.54, 1.807) is 0 Å². The number of aromatic nitrogens is 1. The fraction of sp³-hybridized carbons (Fsp3) is 0.375. The molecule has 0 radical (unpaired) electrons. The number of nitrogens with two attached hydrogens (primary N) is 1. The summed E-state index contributed by atoms with van der Waals surface area (Å²) >= 11 is 0. The monoisotopic (exact) mass is 660 g/mol. The van der Waals surface area contributed by atoms with Crippen LogP contribution in [0.25, 0.3) is 18.2 Å². The Morgan fingerprint density at radius 2 is 1.67 bits per heavy atom. The molecule has 0 saturated heterocycles. The summed E-state index contributed by atoms with van der Waals surface area (Å²) in [6, 6.07) is 0. The molecule has 0 unspecified atom stereocenters. The van der Waals surface area contributed by atoms with Gasteiger partial charge in [-0.05, 0) is 98.6 Å². The number of aliphatic hydroxyl groups excluding tert-OH is 1. The van der Waals surface area contributed by atoms with E-state index in [0.29, 0.717) is 51.7 Å². The molecule has 0 atom stereocenters. The maximum atomic E-state index is 11.3. The minimum atomic E-state index is 0.337. The number of nitrogens with zero attached hydrogens (tertiary/aromatic N) is 3. The average molecular weight is 661 g/mol. The predicted molar refractivity (Wildman–Crippen MR) is 201 cm³/mol. The lowest BCUT2D eigenvalue weighted by molar-refractivity contribution is 0.0524. The molecule has 9 heteroatoms. The van der Waals surface area contributed by atoms with Gasteiger partial charge in [-0.3, -0.25) is 0 Å². The summed E-state index contributed by atoms with van der Waals surface area (Å²) in [6.07, 6.45) is 10.9. The van der Waals surface area contributed by atoms with Crippen LogP contribution in [-0.4, -0.2) is 66.7 Å². The van der Waals surface area contributed by atoms with E-state index >= 15 is 0 Å². The molecule has 5 N–H and O–H groups in total. The Kier molecular flexibility index (Phi) is 10.2. The number of nitrogens with one attached hydrogen (secondary N) is 2. The van der Waals surface area contributed by atoms with Gasteiger partial charge in [0.25, 0.3) is 0 Å². The summed E-state index contributed by atoms with van der Waals surface area (Å²) in [4.78, 5) is 19.2. The second-order valence-corrected chi connectivity index (χ2v) is 12.9. The Labute approximate surface area is 288 Å². The minimum absolute atomic E-state index is 0.337. The van der Waals surface area contributed by atoms with Crippen LogP contribution in [0, 0.1) is 6.92 Å². The van der Waals surface area contributed by atoms with Crippen LogP contribution < -0.4 is 21.7 Å². The molecule has 1 aromatic rings. The lowest BCUT2D eigenvalue weighted by atomic mass is 9.95. The summed E-state index contributed by atoms with van der Waals surface area (Å²) in [5.41, 5.74) is 21.1. The van der Waals surface area contributed by atoms with E-state index in [1.165, 1.54) is 5.57 Å². The van der Waals surface area contributed by atoms with E-state index < -0.39 is 0 Å². The topological polar surface area (TPSA) is 130 Å². The molecule has 0 spiro atoms. The second kappa shape index (κ2) is 14.5. The number of H-pyrrole nitrogens is 1. The first-order valence-corrected chi connectivity index (χ1v) is 17.2. The van der Waals surface area contributed by atoms with Gasteiger partial charge in [-0.2, -0.15) is 0 Å². The van der Waals surface area contributed by atoms with Crippen molar-refractivity contribution in [3.8, 4) is 0 Å². The molecule has 0 fully saturated rings. The van der Waals surface area contributed by atoms with E-state index in [9.17, 15) is 5.11 Å². The maximum Gasteiger partial charge on any atom is 0.106 e. The largest absolute Gasteiger partial charge is 0.511 e. The summed E-state index contributed by atoms with van der Waals surface area (Å²) in [5.74, 6) is 0.337. The molecule has 49 heavy (non-hydrogen) atoms. The molecule has 6 rings (SSSR count). The lowest BCUT2D eigenvalue weighted by Crippen LogP contribution is -2.20. The van der Waals surface area contributed by atoms with Crippen molar-refractivity contribution in [3.63, 3.8) is 0 Å². The highest BCUT2D eigenvalue weighted by Crippen LogP contribution is 2.44. The minimum Gasteiger partial charge on any atom is -0.511 e. The van der Waals surface area contributed by atoms with E-state index in [0.717, 1.165) is 114 Å². The Bertz CT molecular complexity index is 2040. The van der Waals surface area contributed by atoms with Gasteiger partial charge in [0.15, 0.2) is 0 Å². The lowest BCUT2D eigenvalue weighted by Gasteiger charge is -2.13. The van der Waals surface area contributed by atoms with E-state index in [-0.39, 0.29) is 0 Å². The molecule has 0 amide bonds. The van der Waals surface area contributed by atoms with Gasteiger partial charge >= 0.3 is 0 Å². The summed E-state index contributed by atoms with van der Waals surface area (Å²) < 4.78 is 11.0. The zero-order valence-corrected chi connectivity index (χ0v) is 29.5. The van der Waals surface area contributed by atoms with Crippen LogP contribution in [0.15, 0.2) is 102 Å². The number of allylic oxidation sites excluding steroid dienone is 9. The van der Waals surface area contributed by atoms with Crippen LogP contribution in [0.3, 0.4) is 0 Å². The van der Waals surface area contributed by atoms with E-state index in [4.69, 9.17) is 30.2 Å². The molecule has 0 saturated carbocycles. The highest BCUT2D eigenvalue weighted by molar-refractivity contribution is 6.26. The van der Waals surface area contributed by atoms with Gasteiger partial charge in [0.2, 0.25) is 0 Å². The number of aliphatic hydroxyl groups is 1. The smallest absolute Gasteiger partial charge is 0.106 e. The third kappa shape index (κ3) is 6.58. The standard InChI is InChI=1S/C40H48N6O3/c1-8-27-23(4)31-19-33-25(6)29(11-10-22(3)42-13-15-49-17-16-48-14-12-41)39(45-33)30-18-37(47)38-26(7)34(46-40(30)38)21-36-28(9-2)24(5)32(44-36)20-35(27)43-31/h8,19-21,42-43,47H,1,3,9-18,41H2,2,4-7H3. The molecule has 1 aromatic heterocycles. The fourth-order valence-electron chi connectivity index (χ4n) is 7.09. The molecular weight excluding hydrogens is 612 g/mol. The van der Waals surface area contributed by atoms with Gasteiger partial charge in [0.05, 0.1) is 60.7 Å². The van der Waals surface area contributed by atoms with Gasteiger partial charge in [0, 0.05) is 52.6 Å². The van der Waals surface area contributed by atoms with Gasteiger partial charge in [-0.15, -0.1) is 0 Å². The van der Waals surface area contributed by atoms with Gasteiger partial charge < -0.3 is 30.6 Å². The first-order valence-electron chi connectivity index (χ1n) is 17.2. The number of hydrogen-bond acceptors (Lipinski definition) is 8.